The van der Waals surface area contributed by atoms with E-state index in [1.165, 1.54) is 7.05 Å². The maximum atomic E-state index is 10.3. The molecule has 0 atom stereocenters. The molecule has 0 spiro atoms. The quantitative estimate of drug-likeness (QED) is 0.467. The standard InChI is InChI=1S/C5H9NO3/c1-6-5(9)2-4(8)3-7/h7H,2-3H2,1H3,(H,6,9). The van der Waals surface area contributed by atoms with Gasteiger partial charge in [-0.25, -0.2) is 0 Å². The first-order valence-electron chi connectivity index (χ1n) is 2.54. The van der Waals surface area contributed by atoms with Gasteiger partial charge in [-0.1, -0.05) is 0 Å². The first kappa shape index (κ1) is 8.10. The lowest BCUT2D eigenvalue weighted by atomic mass is 10.3. The number of nitrogens with one attached hydrogen (secondary N) is 1. The third-order valence-corrected chi connectivity index (χ3v) is 0.813. The average Bonchev–Trinajstić information content (AvgIpc) is 1.87. The van der Waals surface area contributed by atoms with Gasteiger partial charge in [-0.3, -0.25) is 9.59 Å². The van der Waals surface area contributed by atoms with Gasteiger partial charge in [0.2, 0.25) is 5.91 Å². The van der Waals surface area contributed by atoms with Crippen molar-refractivity contribution < 1.29 is 14.7 Å². The molecule has 52 valence electrons. The monoisotopic (exact) mass is 131 g/mol. The van der Waals surface area contributed by atoms with E-state index >= 15 is 0 Å². The number of ketones is 1. The van der Waals surface area contributed by atoms with Crippen molar-refractivity contribution in [2.45, 2.75) is 6.42 Å². The summed E-state index contributed by atoms with van der Waals surface area (Å²) in [4.78, 5) is 20.6. The lowest BCUT2D eigenvalue weighted by Gasteiger charge is -1.93. The van der Waals surface area contributed by atoms with Crippen LogP contribution in [0.25, 0.3) is 0 Å². The van der Waals surface area contributed by atoms with E-state index in [1.54, 1.807) is 0 Å². The molecule has 0 rings (SSSR count). The number of carbonyl (C=O) groups excluding carboxylic acids is 2. The number of amides is 1. The maximum Gasteiger partial charge on any atom is 0.227 e. The van der Waals surface area contributed by atoms with E-state index in [1.807, 2.05) is 0 Å². The fourth-order valence-corrected chi connectivity index (χ4v) is 0.323. The molecule has 0 heterocycles. The largest absolute Gasteiger partial charge is 0.389 e. The summed E-state index contributed by atoms with van der Waals surface area (Å²) in [5.74, 6) is -0.830. The molecule has 1 amide bonds. The first-order chi connectivity index (χ1) is 4.20. The van der Waals surface area contributed by atoms with Gasteiger partial charge in [-0.2, -0.15) is 0 Å². The van der Waals surface area contributed by atoms with Crippen LogP contribution in [0.15, 0.2) is 0 Å². The maximum absolute atomic E-state index is 10.3. The number of carbonyl (C=O) groups is 2. The number of aliphatic hydroxyl groups is 1. The molecule has 0 aliphatic carbocycles. The van der Waals surface area contributed by atoms with Gasteiger partial charge in [0.1, 0.15) is 6.61 Å². The second-order valence-corrected chi connectivity index (χ2v) is 1.55. The summed E-state index contributed by atoms with van der Waals surface area (Å²) in [6.45, 7) is -0.562. The van der Waals surface area contributed by atoms with Gasteiger partial charge >= 0.3 is 0 Å². The number of aliphatic hydroxyl groups excluding tert-OH is 1. The summed E-state index contributed by atoms with van der Waals surface area (Å²) in [7, 11) is 1.44. The highest BCUT2D eigenvalue weighted by molar-refractivity contribution is 5.98. The summed E-state index contributed by atoms with van der Waals surface area (Å²) in [5, 5.41) is 10.4. The van der Waals surface area contributed by atoms with Gasteiger partial charge in [0.15, 0.2) is 5.78 Å². The van der Waals surface area contributed by atoms with E-state index in [4.69, 9.17) is 5.11 Å². The van der Waals surface area contributed by atoms with Crippen molar-refractivity contribution in [2.24, 2.45) is 0 Å². The molecule has 0 fully saturated rings. The van der Waals surface area contributed by atoms with Gasteiger partial charge in [0.25, 0.3) is 0 Å². The molecule has 0 saturated carbocycles. The van der Waals surface area contributed by atoms with Crippen LogP contribution in [0, 0.1) is 0 Å². The molecule has 0 aromatic carbocycles. The van der Waals surface area contributed by atoms with Crippen LogP contribution in [0.2, 0.25) is 0 Å². The van der Waals surface area contributed by atoms with Crippen molar-refractivity contribution in [3.05, 3.63) is 0 Å². The van der Waals surface area contributed by atoms with Crippen molar-refractivity contribution in [1.82, 2.24) is 5.32 Å². The van der Waals surface area contributed by atoms with Crippen molar-refractivity contribution >= 4 is 11.7 Å². The van der Waals surface area contributed by atoms with Crippen molar-refractivity contribution in [3.8, 4) is 0 Å². The highest BCUT2D eigenvalue weighted by Gasteiger charge is 2.04. The molecule has 0 unspecified atom stereocenters. The Morgan fingerprint density at radius 3 is 2.44 bits per heavy atom. The Hall–Kier alpha value is -0.900. The summed E-state index contributed by atoms with van der Waals surface area (Å²) in [5.41, 5.74) is 0. The third-order valence-electron chi connectivity index (χ3n) is 0.813. The molecule has 0 aromatic rings. The minimum Gasteiger partial charge on any atom is -0.389 e. The second kappa shape index (κ2) is 4.03. The van der Waals surface area contributed by atoms with Gasteiger partial charge in [-0.15, -0.1) is 0 Å². The lowest BCUT2D eigenvalue weighted by molar-refractivity contribution is -0.129. The molecule has 0 aromatic heterocycles. The zero-order valence-corrected chi connectivity index (χ0v) is 5.18. The Kier molecular flexibility index (Phi) is 3.62. The van der Waals surface area contributed by atoms with Crippen LogP contribution in [0.5, 0.6) is 0 Å². The van der Waals surface area contributed by atoms with E-state index < -0.39 is 12.4 Å². The second-order valence-electron chi connectivity index (χ2n) is 1.55. The average molecular weight is 131 g/mol. The highest BCUT2D eigenvalue weighted by Crippen LogP contribution is 1.79. The molecule has 0 radical (unpaired) electrons. The molecule has 0 bridgehead atoms. The fourth-order valence-electron chi connectivity index (χ4n) is 0.323. The normalized spacial score (nSPS) is 8.67. The fraction of sp³-hybridized carbons (Fsp3) is 0.600. The van der Waals surface area contributed by atoms with Crippen LogP contribution in [-0.4, -0.2) is 30.5 Å². The molecule has 0 aliphatic heterocycles. The SMILES string of the molecule is CNC(=O)CC(=O)CO. The number of hydrogen-bond donors (Lipinski definition) is 2. The van der Waals surface area contributed by atoms with Gasteiger partial charge < -0.3 is 10.4 Å². The van der Waals surface area contributed by atoms with Crippen LogP contribution in [0.4, 0.5) is 0 Å². The molecule has 0 saturated heterocycles. The number of rotatable bonds is 3. The minimum atomic E-state index is -0.562. The Morgan fingerprint density at radius 1 is 1.56 bits per heavy atom. The van der Waals surface area contributed by atoms with E-state index in [0.29, 0.717) is 0 Å². The Labute approximate surface area is 52.9 Å². The minimum absolute atomic E-state index is 0.229. The van der Waals surface area contributed by atoms with Crippen molar-refractivity contribution in [3.63, 3.8) is 0 Å². The molecule has 4 heteroatoms. The van der Waals surface area contributed by atoms with E-state index in [-0.39, 0.29) is 12.3 Å². The predicted octanol–water partition coefficient (Wildman–Crippen LogP) is -1.32. The van der Waals surface area contributed by atoms with E-state index in [2.05, 4.69) is 5.32 Å². The topological polar surface area (TPSA) is 66.4 Å². The molecular weight excluding hydrogens is 122 g/mol. The summed E-state index contributed by atoms with van der Waals surface area (Å²) < 4.78 is 0. The zero-order valence-electron chi connectivity index (χ0n) is 5.18. The summed E-state index contributed by atoms with van der Waals surface area (Å²) in [6.07, 6.45) is -0.229. The number of Topliss-reactive ketones (excluding diaryl/α,β-unsaturated/α-hetero) is 1. The highest BCUT2D eigenvalue weighted by atomic mass is 16.3. The van der Waals surface area contributed by atoms with Crippen LogP contribution in [-0.2, 0) is 9.59 Å². The smallest absolute Gasteiger partial charge is 0.227 e. The Bertz CT molecular complexity index is 107. The van der Waals surface area contributed by atoms with E-state index in [9.17, 15) is 9.59 Å². The van der Waals surface area contributed by atoms with Gasteiger partial charge in [0.05, 0.1) is 6.42 Å². The van der Waals surface area contributed by atoms with Gasteiger partial charge in [-0.05, 0) is 0 Å². The van der Waals surface area contributed by atoms with Crippen molar-refractivity contribution in [1.29, 1.82) is 0 Å². The zero-order chi connectivity index (χ0) is 7.28. The van der Waals surface area contributed by atoms with Crippen molar-refractivity contribution in [2.75, 3.05) is 13.7 Å². The lowest BCUT2D eigenvalue weighted by Crippen LogP contribution is -2.22. The predicted molar refractivity (Wildman–Crippen MR) is 30.8 cm³/mol. The molecule has 4 nitrogen and oxygen atoms in total. The summed E-state index contributed by atoms with van der Waals surface area (Å²) >= 11 is 0. The van der Waals surface area contributed by atoms with Crippen LogP contribution in [0.1, 0.15) is 6.42 Å². The third kappa shape index (κ3) is 3.66. The van der Waals surface area contributed by atoms with Gasteiger partial charge in [0, 0.05) is 7.05 Å². The Morgan fingerprint density at radius 2 is 2.11 bits per heavy atom. The molecular formula is C5H9NO3. The molecule has 0 aliphatic rings. The molecule has 2 N–H and O–H groups in total. The summed E-state index contributed by atoms with van der Waals surface area (Å²) in [6, 6.07) is 0. The van der Waals surface area contributed by atoms with Crippen LogP contribution >= 0.6 is 0 Å². The van der Waals surface area contributed by atoms with Crippen LogP contribution in [0.3, 0.4) is 0 Å². The van der Waals surface area contributed by atoms with E-state index in [0.717, 1.165) is 0 Å². The molecule has 9 heavy (non-hydrogen) atoms. The Balaban J connectivity index is 3.47. The number of hydrogen-bond acceptors (Lipinski definition) is 3. The van der Waals surface area contributed by atoms with Crippen LogP contribution < -0.4 is 5.32 Å². The first-order valence-corrected chi connectivity index (χ1v) is 2.54.